The molecule has 2 aromatic rings. The van der Waals surface area contributed by atoms with E-state index in [0.717, 1.165) is 32.0 Å². The number of hydrogen-bond acceptors (Lipinski definition) is 3. The number of aliphatic hydroxyl groups is 1. The van der Waals surface area contributed by atoms with E-state index >= 15 is 0 Å². The van der Waals surface area contributed by atoms with Gasteiger partial charge in [0.15, 0.2) is 0 Å². The molecular weight excluding hydrogens is 300 g/mol. The van der Waals surface area contributed by atoms with Gasteiger partial charge in [-0.1, -0.05) is 6.07 Å². The maximum absolute atomic E-state index is 13.7. The third-order valence-corrected chi connectivity index (χ3v) is 4.61. The van der Waals surface area contributed by atoms with Crippen molar-refractivity contribution in [1.82, 2.24) is 14.5 Å². The number of likely N-dealkylation sites (tertiary alicyclic amines) is 1. The summed E-state index contributed by atoms with van der Waals surface area (Å²) in [6, 6.07) is 3.71. The second-order valence-corrected chi connectivity index (χ2v) is 6.19. The van der Waals surface area contributed by atoms with Crippen molar-refractivity contribution in [3.8, 4) is 0 Å². The van der Waals surface area contributed by atoms with Crippen molar-refractivity contribution in [1.29, 1.82) is 0 Å². The third kappa shape index (κ3) is 3.59. The molecule has 1 fully saturated rings. The minimum atomic E-state index is -0.570. The monoisotopic (exact) mass is 321 g/mol. The first-order chi connectivity index (χ1) is 11.0. The second-order valence-electron chi connectivity index (χ2n) is 6.19. The highest BCUT2D eigenvalue weighted by Gasteiger charge is 2.28. The van der Waals surface area contributed by atoms with Gasteiger partial charge < -0.3 is 9.67 Å². The van der Waals surface area contributed by atoms with Gasteiger partial charge >= 0.3 is 0 Å². The number of benzene rings is 1. The molecule has 0 amide bonds. The average Bonchev–Trinajstić information content (AvgIpc) is 2.96. The highest BCUT2D eigenvalue weighted by atomic mass is 19.1. The Morgan fingerprint density at radius 3 is 2.65 bits per heavy atom. The normalized spacial score (nSPS) is 18.3. The van der Waals surface area contributed by atoms with E-state index in [1.54, 1.807) is 6.20 Å². The van der Waals surface area contributed by atoms with Gasteiger partial charge in [-0.05, 0) is 37.9 Å². The van der Waals surface area contributed by atoms with Gasteiger partial charge in [0.2, 0.25) is 0 Å². The Morgan fingerprint density at radius 1 is 1.30 bits per heavy atom. The fourth-order valence-electron chi connectivity index (χ4n) is 3.19. The van der Waals surface area contributed by atoms with Crippen molar-refractivity contribution in [2.75, 3.05) is 13.1 Å². The molecule has 1 N–H and O–H groups in total. The van der Waals surface area contributed by atoms with Crippen LogP contribution in [0.15, 0.2) is 30.6 Å². The second kappa shape index (κ2) is 6.76. The Kier molecular flexibility index (Phi) is 4.73. The van der Waals surface area contributed by atoms with Crippen LogP contribution in [0.25, 0.3) is 0 Å². The summed E-state index contributed by atoms with van der Waals surface area (Å²) in [5, 5.41) is 10.5. The smallest absolute Gasteiger partial charge is 0.137 e. The van der Waals surface area contributed by atoms with Gasteiger partial charge in [-0.3, -0.25) is 4.90 Å². The molecule has 0 saturated carbocycles. The standard InChI is InChI=1S/C17H21F2N3O/c1-21-9-6-20-17(21)16(23)12-4-7-22(8-5-12)11-13-2-3-14(18)10-15(13)19/h2-3,6,9-10,12,16,23H,4-5,7-8,11H2,1H3. The van der Waals surface area contributed by atoms with E-state index < -0.39 is 17.7 Å². The predicted molar refractivity (Wildman–Crippen MR) is 82.5 cm³/mol. The van der Waals surface area contributed by atoms with Crippen LogP contribution in [0.4, 0.5) is 8.78 Å². The molecule has 1 aromatic heterocycles. The van der Waals surface area contributed by atoms with Crippen LogP contribution in [0.2, 0.25) is 0 Å². The van der Waals surface area contributed by atoms with E-state index in [2.05, 4.69) is 9.88 Å². The number of rotatable bonds is 4. The molecule has 6 heteroatoms. The molecule has 0 bridgehead atoms. The first-order valence-electron chi connectivity index (χ1n) is 7.86. The lowest BCUT2D eigenvalue weighted by Gasteiger charge is -2.34. The van der Waals surface area contributed by atoms with E-state index in [1.807, 2.05) is 17.8 Å². The Bertz CT molecular complexity index is 666. The molecule has 2 heterocycles. The SMILES string of the molecule is Cn1ccnc1C(O)C1CCN(Cc2ccc(F)cc2F)CC1. The topological polar surface area (TPSA) is 41.3 Å². The van der Waals surface area contributed by atoms with Crippen LogP contribution in [-0.4, -0.2) is 32.6 Å². The fourth-order valence-corrected chi connectivity index (χ4v) is 3.19. The van der Waals surface area contributed by atoms with Gasteiger partial charge in [-0.15, -0.1) is 0 Å². The summed E-state index contributed by atoms with van der Waals surface area (Å²) in [7, 11) is 1.87. The lowest BCUT2D eigenvalue weighted by Crippen LogP contribution is -2.35. The Labute approximate surface area is 134 Å². The molecule has 0 spiro atoms. The summed E-state index contributed by atoms with van der Waals surface area (Å²) in [4.78, 5) is 6.35. The Balaban J connectivity index is 1.57. The molecule has 0 radical (unpaired) electrons. The highest BCUT2D eigenvalue weighted by Crippen LogP contribution is 2.30. The lowest BCUT2D eigenvalue weighted by atomic mass is 9.90. The number of aryl methyl sites for hydroxylation is 1. The van der Waals surface area contributed by atoms with Gasteiger partial charge in [0.25, 0.3) is 0 Å². The highest BCUT2D eigenvalue weighted by molar-refractivity contribution is 5.18. The predicted octanol–water partition coefficient (Wildman–Crippen LogP) is 2.64. The van der Waals surface area contributed by atoms with Gasteiger partial charge in [0, 0.05) is 37.6 Å². The summed E-state index contributed by atoms with van der Waals surface area (Å²) >= 11 is 0. The molecule has 1 atom stereocenters. The van der Waals surface area contributed by atoms with Crippen LogP contribution in [-0.2, 0) is 13.6 Å². The number of imidazole rings is 1. The zero-order valence-corrected chi connectivity index (χ0v) is 13.1. The first kappa shape index (κ1) is 16.1. The van der Waals surface area contributed by atoms with Crippen LogP contribution >= 0.6 is 0 Å². The Hall–Kier alpha value is -1.79. The van der Waals surface area contributed by atoms with Gasteiger partial charge in [-0.2, -0.15) is 0 Å². The van der Waals surface area contributed by atoms with Crippen LogP contribution < -0.4 is 0 Å². The van der Waals surface area contributed by atoms with Crippen molar-refractivity contribution in [2.45, 2.75) is 25.5 Å². The number of nitrogens with zero attached hydrogens (tertiary/aromatic N) is 3. The van der Waals surface area contributed by atoms with E-state index in [-0.39, 0.29) is 5.92 Å². The van der Waals surface area contributed by atoms with Crippen molar-refractivity contribution in [3.63, 3.8) is 0 Å². The number of piperidine rings is 1. The van der Waals surface area contributed by atoms with Crippen LogP contribution in [0.3, 0.4) is 0 Å². The van der Waals surface area contributed by atoms with Gasteiger partial charge in [0.1, 0.15) is 23.6 Å². The van der Waals surface area contributed by atoms with Crippen molar-refractivity contribution in [3.05, 3.63) is 53.6 Å². The zero-order chi connectivity index (χ0) is 16.4. The number of halogens is 2. The Morgan fingerprint density at radius 2 is 2.04 bits per heavy atom. The summed E-state index contributed by atoms with van der Waals surface area (Å²) in [6.07, 6.45) is 4.60. The van der Waals surface area contributed by atoms with Crippen molar-refractivity contribution in [2.24, 2.45) is 13.0 Å². The third-order valence-electron chi connectivity index (χ3n) is 4.61. The molecule has 124 valence electrons. The minimum Gasteiger partial charge on any atom is -0.385 e. The molecule has 4 nitrogen and oxygen atoms in total. The summed E-state index contributed by atoms with van der Waals surface area (Å²) in [5.41, 5.74) is 0.509. The molecule has 1 aliphatic rings. The van der Waals surface area contributed by atoms with Crippen LogP contribution in [0, 0.1) is 17.6 Å². The van der Waals surface area contributed by atoms with E-state index in [0.29, 0.717) is 17.9 Å². The molecular formula is C17H21F2N3O. The summed E-state index contributed by atoms with van der Waals surface area (Å²) in [5.74, 6) is -0.207. The largest absolute Gasteiger partial charge is 0.385 e. The van der Waals surface area contributed by atoms with Gasteiger partial charge in [-0.25, -0.2) is 13.8 Å². The fraction of sp³-hybridized carbons (Fsp3) is 0.471. The summed E-state index contributed by atoms with van der Waals surface area (Å²) in [6.45, 7) is 2.03. The van der Waals surface area contributed by atoms with Crippen molar-refractivity contribution >= 4 is 0 Å². The lowest BCUT2D eigenvalue weighted by molar-refractivity contribution is 0.0489. The maximum Gasteiger partial charge on any atom is 0.137 e. The molecule has 1 aliphatic heterocycles. The first-order valence-corrected chi connectivity index (χ1v) is 7.86. The number of aliphatic hydroxyl groups excluding tert-OH is 1. The van der Waals surface area contributed by atoms with E-state index in [1.165, 1.54) is 12.1 Å². The quantitative estimate of drug-likeness (QED) is 0.941. The van der Waals surface area contributed by atoms with E-state index in [9.17, 15) is 13.9 Å². The van der Waals surface area contributed by atoms with Gasteiger partial charge in [0.05, 0.1) is 0 Å². The molecule has 1 unspecified atom stereocenters. The van der Waals surface area contributed by atoms with E-state index in [4.69, 9.17) is 0 Å². The maximum atomic E-state index is 13.7. The summed E-state index contributed by atoms with van der Waals surface area (Å²) < 4.78 is 28.5. The zero-order valence-electron chi connectivity index (χ0n) is 13.1. The molecule has 0 aliphatic carbocycles. The minimum absolute atomic E-state index is 0.158. The van der Waals surface area contributed by atoms with Crippen LogP contribution in [0.1, 0.15) is 30.3 Å². The molecule has 3 rings (SSSR count). The average molecular weight is 321 g/mol. The number of hydrogen-bond donors (Lipinski definition) is 1. The molecule has 23 heavy (non-hydrogen) atoms. The van der Waals surface area contributed by atoms with Crippen LogP contribution in [0.5, 0.6) is 0 Å². The number of aromatic nitrogens is 2. The van der Waals surface area contributed by atoms with Crippen molar-refractivity contribution < 1.29 is 13.9 Å². The molecule has 1 aromatic carbocycles. The molecule has 1 saturated heterocycles.